The largest absolute Gasteiger partial charge is 0.493 e. The number of hydrogen-bond donors (Lipinski definition) is 0. The molecule has 3 nitrogen and oxygen atoms in total. The molecule has 0 saturated carbocycles. The molecule has 0 radical (unpaired) electrons. The third-order valence-corrected chi connectivity index (χ3v) is 2.29. The minimum atomic E-state index is 0.136. The van der Waals surface area contributed by atoms with Gasteiger partial charge in [-0.3, -0.25) is 4.79 Å². The van der Waals surface area contributed by atoms with E-state index in [0.717, 1.165) is 6.42 Å². The van der Waals surface area contributed by atoms with Crippen molar-refractivity contribution in [1.82, 2.24) is 0 Å². The Labute approximate surface area is 82.6 Å². The second-order valence-electron chi connectivity index (χ2n) is 3.21. The van der Waals surface area contributed by atoms with Crippen LogP contribution < -0.4 is 9.47 Å². The summed E-state index contributed by atoms with van der Waals surface area (Å²) in [6.07, 6.45) is 1.33. The Kier molecular flexibility index (Phi) is 2.39. The van der Waals surface area contributed by atoms with Crippen LogP contribution in [0.5, 0.6) is 11.5 Å². The molecule has 1 aromatic rings. The zero-order valence-corrected chi connectivity index (χ0v) is 8.08. The topological polar surface area (TPSA) is 35.5 Å². The van der Waals surface area contributed by atoms with Crippen molar-refractivity contribution in [1.29, 1.82) is 0 Å². The molecule has 0 saturated heterocycles. The highest BCUT2D eigenvalue weighted by Crippen LogP contribution is 2.33. The van der Waals surface area contributed by atoms with E-state index in [4.69, 9.17) is 9.47 Å². The summed E-state index contributed by atoms with van der Waals surface area (Å²) in [6, 6.07) is 5.40. The molecule has 0 aliphatic carbocycles. The molecule has 1 aliphatic heterocycles. The molecule has 0 N–H and O–H groups in total. The maximum absolute atomic E-state index is 11.6. The molecule has 0 atom stereocenters. The van der Waals surface area contributed by atoms with Crippen LogP contribution in [0.3, 0.4) is 0 Å². The molecule has 2 rings (SSSR count). The lowest BCUT2D eigenvalue weighted by Crippen LogP contribution is -1.99. The van der Waals surface area contributed by atoms with Crippen molar-refractivity contribution in [3.05, 3.63) is 23.8 Å². The minimum absolute atomic E-state index is 0.136. The van der Waals surface area contributed by atoms with Gasteiger partial charge in [-0.15, -0.1) is 0 Å². The zero-order chi connectivity index (χ0) is 9.97. The molecular formula is C11H12O3. The standard InChI is InChI=1S/C11H12O3/c1-13-10-6-2-4-8-9(12)5-3-7-14-11(8)10/h2,4,6H,3,5,7H2,1H3. The third kappa shape index (κ3) is 1.45. The number of para-hydroxylation sites is 1. The Morgan fingerprint density at radius 3 is 3.07 bits per heavy atom. The fourth-order valence-corrected chi connectivity index (χ4v) is 1.59. The van der Waals surface area contributed by atoms with Crippen molar-refractivity contribution in [3.8, 4) is 11.5 Å². The first kappa shape index (κ1) is 9.06. The van der Waals surface area contributed by atoms with E-state index in [1.165, 1.54) is 0 Å². The highest BCUT2D eigenvalue weighted by Gasteiger charge is 2.19. The van der Waals surface area contributed by atoms with Crippen LogP contribution in [-0.2, 0) is 0 Å². The van der Waals surface area contributed by atoms with Gasteiger partial charge in [-0.2, -0.15) is 0 Å². The number of benzene rings is 1. The Hall–Kier alpha value is -1.51. The van der Waals surface area contributed by atoms with Gasteiger partial charge in [0.1, 0.15) is 0 Å². The normalized spacial score (nSPS) is 15.4. The summed E-state index contributed by atoms with van der Waals surface area (Å²) in [5.41, 5.74) is 0.641. The van der Waals surface area contributed by atoms with Gasteiger partial charge in [0, 0.05) is 6.42 Å². The average Bonchev–Trinajstić information content (AvgIpc) is 2.41. The molecule has 0 bridgehead atoms. The summed E-state index contributed by atoms with van der Waals surface area (Å²) in [5, 5.41) is 0. The lowest BCUT2D eigenvalue weighted by atomic mass is 10.1. The number of rotatable bonds is 1. The van der Waals surface area contributed by atoms with Crippen molar-refractivity contribution >= 4 is 5.78 Å². The molecule has 0 fully saturated rings. The molecule has 0 amide bonds. The predicted molar refractivity (Wildman–Crippen MR) is 52.1 cm³/mol. The molecule has 74 valence electrons. The van der Waals surface area contributed by atoms with Crippen LogP contribution in [-0.4, -0.2) is 19.5 Å². The summed E-state index contributed by atoms with van der Waals surface area (Å²) >= 11 is 0. The Morgan fingerprint density at radius 2 is 2.29 bits per heavy atom. The molecule has 14 heavy (non-hydrogen) atoms. The first-order valence-electron chi connectivity index (χ1n) is 4.66. The summed E-state index contributed by atoms with van der Waals surface area (Å²) < 4.78 is 10.6. The molecule has 1 heterocycles. The van der Waals surface area contributed by atoms with Crippen molar-refractivity contribution in [2.45, 2.75) is 12.8 Å². The van der Waals surface area contributed by atoms with Gasteiger partial charge in [-0.05, 0) is 18.6 Å². The van der Waals surface area contributed by atoms with Crippen LogP contribution in [0.1, 0.15) is 23.2 Å². The minimum Gasteiger partial charge on any atom is -0.493 e. The number of carbonyl (C=O) groups excluding carboxylic acids is 1. The van der Waals surface area contributed by atoms with E-state index in [1.807, 2.05) is 6.07 Å². The predicted octanol–water partition coefficient (Wildman–Crippen LogP) is 2.05. The maximum Gasteiger partial charge on any atom is 0.171 e. The number of fused-ring (bicyclic) bond motifs is 1. The first-order chi connectivity index (χ1) is 6.83. The number of ketones is 1. The van der Waals surface area contributed by atoms with Gasteiger partial charge >= 0.3 is 0 Å². The van der Waals surface area contributed by atoms with Gasteiger partial charge in [0.2, 0.25) is 0 Å². The van der Waals surface area contributed by atoms with Crippen molar-refractivity contribution < 1.29 is 14.3 Å². The van der Waals surface area contributed by atoms with Crippen LogP contribution in [0, 0.1) is 0 Å². The molecule has 0 aromatic heterocycles. The number of hydrogen-bond acceptors (Lipinski definition) is 3. The number of methoxy groups -OCH3 is 1. The highest BCUT2D eigenvalue weighted by molar-refractivity contribution is 5.99. The lowest BCUT2D eigenvalue weighted by molar-refractivity contribution is 0.0983. The summed E-state index contributed by atoms with van der Waals surface area (Å²) in [7, 11) is 1.58. The summed E-state index contributed by atoms with van der Waals surface area (Å²) in [6.45, 7) is 0.582. The van der Waals surface area contributed by atoms with E-state index in [9.17, 15) is 4.79 Å². The van der Waals surface area contributed by atoms with Crippen LogP contribution >= 0.6 is 0 Å². The molecule has 1 aliphatic rings. The number of ether oxygens (including phenoxy) is 2. The van der Waals surface area contributed by atoms with E-state index in [1.54, 1.807) is 19.2 Å². The number of Topliss-reactive ketones (excluding diaryl/α,β-unsaturated/α-hetero) is 1. The quantitative estimate of drug-likeness (QED) is 0.683. The van der Waals surface area contributed by atoms with E-state index >= 15 is 0 Å². The van der Waals surface area contributed by atoms with Gasteiger partial charge in [-0.25, -0.2) is 0 Å². The number of carbonyl (C=O) groups is 1. The van der Waals surface area contributed by atoms with Crippen LogP contribution in [0.2, 0.25) is 0 Å². The molecule has 0 spiro atoms. The van der Waals surface area contributed by atoms with Gasteiger partial charge in [-0.1, -0.05) is 6.07 Å². The van der Waals surface area contributed by atoms with Gasteiger partial charge in [0.05, 0.1) is 19.3 Å². The van der Waals surface area contributed by atoms with E-state index in [2.05, 4.69) is 0 Å². The van der Waals surface area contributed by atoms with Crippen LogP contribution in [0.25, 0.3) is 0 Å². The molecule has 3 heteroatoms. The van der Waals surface area contributed by atoms with Crippen LogP contribution in [0.15, 0.2) is 18.2 Å². The van der Waals surface area contributed by atoms with Crippen LogP contribution in [0.4, 0.5) is 0 Å². The SMILES string of the molecule is COc1cccc2c1OCCCC2=O. The highest BCUT2D eigenvalue weighted by atomic mass is 16.5. The van der Waals surface area contributed by atoms with E-state index < -0.39 is 0 Å². The van der Waals surface area contributed by atoms with Crippen molar-refractivity contribution in [2.24, 2.45) is 0 Å². The summed E-state index contributed by atoms with van der Waals surface area (Å²) in [5.74, 6) is 1.37. The Balaban J connectivity index is 2.51. The fraction of sp³-hybridized carbons (Fsp3) is 0.364. The van der Waals surface area contributed by atoms with E-state index in [-0.39, 0.29) is 5.78 Å². The van der Waals surface area contributed by atoms with Gasteiger partial charge in [0.15, 0.2) is 17.3 Å². The van der Waals surface area contributed by atoms with Crippen molar-refractivity contribution in [3.63, 3.8) is 0 Å². The van der Waals surface area contributed by atoms with Gasteiger partial charge < -0.3 is 9.47 Å². The Bertz CT molecular complexity index is 358. The fourth-order valence-electron chi connectivity index (χ4n) is 1.59. The lowest BCUT2D eigenvalue weighted by Gasteiger charge is -2.10. The second kappa shape index (κ2) is 3.70. The molecule has 0 unspecified atom stereocenters. The monoisotopic (exact) mass is 192 g/mol. The average molecular weight is 192 g/mol. The zero-order valence-electron chi connectivity index (χ0n) is 8.08. The Morgan fingerprint density at radius 1 is 1.43 bits per heavy atom. The summed E-state index contributed by atoms with van der Waals surface area (Å²) in [4.78, 5) is 11.6. The van der Waals surface area contributed by atoms with Crippen molar-refractivity contribution in [2.75, 3.05) is 13.7 Å². The van der Waals surface area contributed by atoms with E-state index in [0.29, 0.717) is 30.1 Å². The second-order valence-corrected chi connectivity index (χ2v) is 3.21. The first-order valence-corrected chi connectivity index (χ1v) is 4.66. The third-order valence-electron chi connectivity index (χ3n) is 2.29. The smallest absolute Gasteiger partial charge is 0.171 e. The van der Waals surface area contributed by atoms with Gasteiger partial charge in [0.25, 0.3) is 0 Å². The molecule has 1 aromatic carbocycles. The maximum atomic E-state index is 11.6. The molecular weight excluding hydrogens is 180 g/mol.